The molecular formula is C23H28N2O4. The molecule has 0 fully saturated rings. The zero-order valence-corrected chi connectivity index (χ0v) is 17.4. The second-order valence-electron chi connectivity index (χ2n) is 7.22. The molecule has 0 aliphatic carbocycles. The molecule has 0 aromatic heterocycles. The van der Waals surface area contributed by atoms with Crippen LogP contribution in [0, 0.1) is 0 Å². The van der Waals surface area contributed by atoms with Crippen LogP contribution in [-0.2, 0) is 11.3 Å². The number of amides is 2. The van der Waals surface area contributed by atoms with E-state index in [1.54, 1.807) is 24.3 Å². The Balaban J connectivity index is 1.88. The summed E-state index contributed by atoms with van der Waals surface area (Å²) < 4.78 is 11.3. The number of fused-ring (bicyclic) bond motifs is 1. The summed E-state index contributed by atoms with van der Waals surface area (Å²) in [7, 11) is 1.54. The molecule has 0 saturated heterocycles. The Morgan fingerprint density at radius 1 is 1.28 bits per heavy atom. The van der Waals surface area contributed by atoms with Crippen molar-refractivity contribution in [3.63, 3.8) is 0 Å². The molecular weight excluding hydrogens is 368 g/mol. The highest BCUT2D eigenvalue weighted by molar-refractivity contribution is 6.06. The highest BCUT2D eigenvalue weighted by Gasteiger charge is 2.32. The van der Waals surface area contributed by atoms with Gasteiger partial charge in [0.1, 0.15) is 11.5 Å². The van der Waals surface area contributed by atoms with Crippen molar-refractivity contribution >= 4 is 17.5 Å². The van der Waals surface area contributed by atoms with Crippen LogP contribution in [-0.4, -0.2) is 36.0 Å². The number of nitrogens with zero attached hydrogens (tertiary/aromatic N) is 1. The van der Waals surface area contributed by atoms with Crippen LogP contribution in [0.5, 0.6) is 11.5 Å². The number of anilines is 1. The number of carbonyl (C=O) groups is 2. The molecule has 6 nitrogen and oxygen atoms in total. The molecule has 2 aromatic rings. The summed E-state index contributed by atoms with van der Waals surface area (Å²) in [6.07, 6.45) is 0.985. The molecule has 154 valence electrons. The maximum Gasteiger partial charge on any atom is 0.264 e. The molecule has 29 heavy (non-hydrogen) atoms. The normalized spacial score (nSPS) is 17.0. The first kappa shape index (κ1) is 20.7. The number of ether oxygens (including phenoxy) is 2. The summed E-state index contributed by atoms with van der Waals surface area (Å²) in [5, 5.41) is 2.92. The third kappa shape index (κ3) is 4.36. The number of hydrogen-bond donors (Lipinski definition) is 1. The van der Waals surface area contributed by atoms with Gasteiger partial charge in [0.25, 0.3) is 11.8 Å². The number of rotatable bonds is 6. The zero-order chi connectivity index (χ0) is 21.0. The van der Waals surface area contributed by atoms with Gasteiger partial charge in [0.2, 0.25) is 0 Å². The van der Waals surface area contributed by atoms with Crippen LogP contribution >= 0.6 is 0 Å². The summed E-state index contributed by atoms with van der Waals surface area (Å²) >= 11 is 0. The van der Waals surface area contributed by atoms with Crippen molar-refractivity contribution in [2.45, 2.75) is 52.3 Å². The van der Waals surface area contributed by atoms with Crippen LogP contribution in [0.25, 0.3) is 0 Å². The molecule has 2 aromatic carbocycles. The predicted molar refractivity (Wildman–Crippen MR) is 112 cm³/mol. The molecule has 2 unspecified atom stereocenters. The Morgan fingerprint density at radius 3 is 2.72 bits per heavy atom. The molecule has 1 aliphatic heterocycles. The second-order valence-corrected chi connectivity index (χ2v) is 7.22. The van der Waals surface area contributed by atoms with Gasteiger partial charge in [-0.1, -0.05) is 26.0 Å². The quantitative estimate of drug-likeness (QED) is 0.793. The number of methoxy groups -OCH3 is 1. The fourth-order valence-corrected chi connectivity index (χ4v) is 3.43. The van der Waals surface area contributed by atoms with Gasteiger partial charge in [-0.05, 0) is 50.1 Å². The molecule has 1 aliphatic rings. The maximum atomic E-state index is 12.9. The van der Waals surface area contributed by atoms with Gasteiger partial charge in [-0.3, -0.25) is 9.59 Å². The van der Waals surface area contributed by atoms with Crippen molar-refractivity contribution in [2.75, 3.05) is 12.4 Å². The van der Waals surface area contributed by atoms with Crippen LogP contribution in [0.1, 0.15) is 49.5 Å². The van der Waals surface area contributed by atoms with Crippen LogP contribution in [0.4, 0.5) is 5.69 Å². The molecule has 0 saturated carbocycles. The molecule has 3 rings (SSSR count). The number of nitrogens with one attached hydrogen (secondary N) is 1. The Kier molecular flexibility index (Phi) is 6.42. The summed E-state index contributed by atoms with van der Waals surface area (Å²) in [5.41, 5.74) is 1.99. The van der Waals surface area contributed by atoms with E-state index < -0.39 is 6.10 Å². The number of para-hydroxylation sites is 1. The minimum absolute atomic E-state index is 0.0117. The summed E-state index contributed by atoms with van der Waals surface area (Å²) in [6, 6.07) is 12.7. The summed E-state index contributed by atoms with van der Waals surface area (Å²) in [6.45, 7) is 6.51. The summed E-state index contributed by atoms with van der Waals surface area (Å²) in [5.74, 6) is 0.963. The first-order valence-electron chi connectivity index (χ1n) is 10.0. The molecule has 2 atom stereocenters. The largest absolute Gasteiger partial charge is 0.496 e. The van der Waals surface area contributed by atoms with Crippen molar-refractivity contribution in [3.05, 3.63) is 53.6 Å². The van der Waals surface area contributed by atoms with E-state index in [0.717, 1.165) is 12.0 Å². The van der Waals surface area contributed by atoms with E-state index in [1.165, 1.54) is 7.11 Å². The zero-order valence-electron chi connectivity index (χ0n) is 17.4. The highest BCUT2D eigenvalue weighted by atomic mass is 16.5. The van der Waals surface area contributed by atoms with Crippen molar-refractivity contribution in [3.8, 4) is 11.5 Å². The van der Waals surface area contributed by atoms with Crippen LogP contribution in [0.3, 0.4) is 0 Å². The Labute approximate surface area is 171 Å². The van der Waals surface area contributed by atoms with Crippen molar-refractivity contribution in [1.29, 1.82) is 0 Å². The van der Waals surface area contributed by atoms with Gasteiger partial charge in [0.15, 0.2) is 6.10 Å². The molecule has 1 heterocycles. The van der Waals surface area contributed by atoms with E-state index in [4.69, 9.17) is 9.47 Å². The van der Waals surface area contributed by atoms with Gasteiger partial charge in [0, 0.05) is 23.8 Å². The molecule has 1 N–H and O–H groups in total. The van der Waals surface area contributed by atoms with E-state index >= 15 is 0 Å². The Morgan fingerprint density at radius 2 is 2.03 bits per heavy atom. The Hall–Kier alpha value is -3.02. The topological polar surface area (TPSA) is 67.9 Å². The molecule has 2 amide bonds. The Bertz CT molecular complexity index is 896. The number of hydrogen-bond acceptors (Lipinski definition) is 4. The number of benzene rings is 2. The van der Waals surface area contributed by atoms with Crippen LogP contribution < -0.4 is 14.8 Å². The summed E-state index contributed by atoms with van der Waals surface area (Å²) in [4.78, 5) is 27.5. The van der Waals surface area contributed by atoms with E-state index in [2.05, 4.69) is 12.2 Å². The van der Waals surface area contributed by atoms with Gasteiger partial charge in [-0.2, -0.15) is 0 Å². The molecule has 0 bridgehead atoms. The average Bonchev–Trinajstić information content (AvgIpc) is 2.89. The lowest BCUT2D eigenvalue weighted by atomic mass is 10.1. The lowest BCUT2D eigenvalue weighted by molar-refractivity contribution is -0.140. The molecule has 0 spiro atoms. The minimum atomic E-state index is -0.487. The van der Waals surface area contributed by atoms with E-state index in [0.29, 0.717) is 35.7 Å². The van der Waals surface area contributed by atoms with Gasteiger partial charge in [-0.25, -0.2) is 0 Å². The van der Waals surface area contributed by atoms with E-state index in [9.17, 15) is 9.59 Å². The van der Waals surface area contributed by atoms with Crippen molar-refractivity contribution < 1.29 is 19.1 Å². The van der Waals surface area contributed by atoms with Crippen LogP contribution in [0.15, 0.2) is 42.5 Å². The standard InChI is InChI=1S/C23H28N2O4/c1-5-15(3)25-14-16-13-17(11-12-20(16)29-19(6-2)23(25)27)24-22(26)18-9-7-8-10-21(18)28-4/h7-13,15,19H,5-6,14H2,1-4H3,(H,24,26). The van der Waals surface area contributed by atoms with Gasteiger partial charge in [0.05, 0.1) is 12.7 Å². The third-order valence-electron chi connectivity index (χ3n) is 5.33. The SMILES string of the molecule is CCC1Oc2ccc(NC(=O)c3ccccc3OC)cc2CN(C(C)CC)C1=O. The smallest absolute Gasteiger partial charge is 0.264 e. The first-order chi connectivity index (χ1) is 14.0. The second kappa shape index (κ2) is 8.99. The highest BCUT2D eigenvalue weighted by Crippen LogP contribution is 2.31. The predicted octanol–water partition coefficient (Wildman–Crippen LogP) is 4.25. The average molecular weight is 396 g/mol. The van der Waals surface area contributed by atoms with Gasteiger partial charge in [-0.15, -0.1) is 0 Å². The fourth-order valence-electron chi connectivity index (χ4n) is 3.43. The first-order valence-corrected chi connectivity index (χ1v) is 10.0. The van der Waals surface area contributed by atoms with Gasteiger partial charge < -0.3 is 19.7 Å². The minimum Gasteiger partial charge on any atom is -0.496 e. The lowest BCUT2D eigenvalue weighted by Gasteiger charge is -2.28. The number of carbonyl (C=O) groups excluding carboxylic acids is 2. The van der Waals surface area contributed by atoms with Crippen molar-refractivity contribution in [2.24, 2.45) is 0 Å². The maximum absolute atomic E-state index is 12.9. The van der Waals surface area contributed by atoms with E-state index in [1.807, 2.05) is 36.9 Å². The third-order valence-corrected chi connectivity index (χ3v) is 5.33. The monoisotopic (exact) mass is 396 g/mol. The fraction of sp³-hybridized carbons (Fsp3) is 0.391. The lowest BCUT2D eigenvalue weighted by Crippen LogP contribution is -2.43. The van der Waals surface area contributed by atoms with E-state index in [-0.39, 0.29) is 17.9 Å². The van der Waals surface area contributed by atoms with Gasteiger partial charge >= 0.3 is 0 Å². The molecule has 6 heteroatoms. The molecule has 0 radical (unpaired) electrons. The van der Waals surface area contributed by atoms with Crippen molar-refractivity contribution in [1.82, 2.24) is 4.90 Å². The van der Waals surface area contributed by atoms with Crippen LogP contribution in [0.2, 0.25) is 0 Å².